The second-order valence-electron chi connectivity index (χ2n) is 6.62. The average molecular weight is 490 g/mol. The number of alkyl halides is 3. The molecule has 176 valence electrons. The molecule has 0 radical (unpaired) electrons. The van der Waals surface area contributed by atoms with Gasteiger partial charge in [0.1, 0.15) is 17.7 Å². The molecule has 1 heterocycles. The van der Waals surface area contributed by atoms with Crippen molar-refractivity contribution in [1.29, 1.82) is 0 Å². The Morgan fingerprint density at radius 2 is 1.61 bits per heavy atom. The molecule has 1 N–H and O–H groups in total. The van der Waals surface area contributed by atoms with E-state index in [-0.39, 0.29) is 22.3 Å². The number of Topliss-reactive ketones (excluding diaryl/α,β-unsaturated/α-hetero) is 1. The number of sulfonamides is 1. The molecule has 0 aliphatic rings. The minimum Gasteiger partial charge on any atom is -0.493 e. The van der Waals surface area contributed by atoms with Gasteiger partial charge in [0.25, 0.3) is 0 Å². The van der Waals surface area contributed by atoms with Crippen LogP contribution in [-0.2, 0) is 10.0 Å². The first-order chi connectivity index (χ1) is 15.4. The van der Waals surface area contributed by atoms with E-state index in [1.807, 2.05) is 0 Å². The lowest BCUT2D eigenvalue weighted by atomic mass is 9.94. The fourth-order valence-electron chi connectivity index (χ4n) is 3.11. The summed E-state index contributed by atoms with van der Waals surface area (Å²) in [5.41, 5.74) is -7.42. The predicted octanol–water partition coefficient (Wildman–Crippen LogP) is 3.89. The summed E-state index contributed by atoms with van der Waals surface area (Å²) in [6.07, 6.45) is 2.18. The van der Waals surface area contributed by atoms with Crippen LogP contribution in [0.1, 0.15) is 22.0 Å². The second kappa shape index (κ2) is 8.90. The van der Waals surface area contributed by atoms with Crippen molar-refractivity contribution >= 4 is 26.6 Å². The number of carbonyl (C=O) groups excluding carboxylic acids is 1. The van der Waals surface area contributed by atoms with Gasteiger partial charge in [0.2, 0.25) is 0 Å². The molecule has 0 aliphatic heterocycles. The topological polar surface area (TPSA) is 94.6 Å². The predicted molar refractivity (Wildman–Crippen MR) is 106 cm³/mol. The molecule has 1 unspecified atom stereocenters. The number of hydrogen-bond acceptors (Lipinski definition) is 6. The average Bonchev–Trinajstić information content (AvgIpc) is 2.75. The van der Waals surface area contributed by atoms with Crippen molar-refractivity contribution in [1.82, 2.24) is 9.71 Å². The van der Waals surface area contributed by atoms with Crippen LogP contribution in [0.5, 0.6) is 11.5 Å². The Morgan fingerprint density at radius 3 is 2.15 bits per heavy atom. The van der Waals surface area contributed by atoms with E-state index in [0.717, 1.165) is 12.3 Å². The summed E-state index contributed by atoms with van der Waals surface area (Å²) < 4.78 is 103. The maximum absolute atomic E-state index is 14.3. The summed E-state index contributed by atoms with van der Waals surface area (Å²) in [7, 11) is -3.52. The number of ether oxygens (including phenoxy) is 2. The molecule has 7 nitrogen and oxygen atoms in total. The number of benzene rings is 2. The van der Waals surface area contributed by atoms with Crippen molar-refractivity contribution in [3.63, 3.8) is 0 Å². The number of ketones is 1. The lowest BCUT2D eigenvalue weighted by molar-refractivity contribution is -0.0449. The molecule has 1 aromatic heterocycles. The second-order valence-corrected chi connectivity index (χ2v) is 8.32. The summed E-state index contributed by atoms with van der Waals surface area (Å²) in [5, 5.41) is 0.255. The molecular weight excluding hydrogens is 475 g/mol. The van der Waals surface area contributed by atoms with Crippen LogP contribution in [0.3, 0.4) is 0 Å². The van der Waals surface area contributed by atoms with Crippen LogP contribution in [0.15, 0.2) is 42.7 Å². The third kappa shape index (κ3) is 4.59. The third-order valence-electron chi connectivity index (χ3n) is 4.65. The van der Waals surface area contributed by atoms with Crippen LogP contribution >= 0.6 is 0 Å². The quantitative estimate of drug-likeness (QED) is 0.399. The van der Waals surface area contributed by atoms with Crippen LogP contribution in [0, 0.1) is 11.6 Å². The monoisotopic (exact) mass is 490 g/mol. The van der Waals surface area contributed by atoms with Crippen molar-refractivity contribution in [3.05, 3.63) is 65.5 Å². The summed E-state index contributed by atoms with van der Waals surface area (Å²) in [4.78, 5) is 16.9. The standard InChI is InChI=1S/C20H15F5N2O5S/c1-31-15-6-10-8-26-9-12(11(10)7-16(15)32-2)18(27-33(29,30)20(23,24)25)19(28)17-13(21)4-3-5-14(17)22/h3-9,18,27H,1-2H3. The van der Waals surface area contributed by atoms with E-state index in [9.17, 15) is 35.2 Å². The zero-order valence-electron chi connectivity index (χ0n) is 16.9. The number of halogens is 5. The van der Waals surface area contributed by atoms with Crippen molar-refractivity contribution in [2.24, 2.45) is 0 Å². The molecule has 0 amide bonds. The highest BCUT2D eigenvalue weighted by atomic mass is 32.2. The number of carbonyl (C=O) groups is 1. The first-order valence-corrected chi connectivity index (χ1v) is 10.5. The van der Waals surface area contributed by atoms with Gasteiger partial charge in [-0.15, -0.1) is 0 Å². The van der Waals surface area contributed by atoms with Gasteiger partial charge in [0, 0.05) is 23.3 Å². The van der Waals surface area contributed by atoms with E-state index in [1.54, 1.807) is 0 Å². The van der Waals surface area contributed by atoms with E-state index in [2.05, 4.69) is 4.98 Å². The van der Waals surface area contributed by atoms with Crippen LogP contribution in [0.2, 0.25) is 0 Å². The van der Waals surface area contributed by atoms with Crippen molar-refractivity contribution < 1.29 is 44.6 Å². The summed E-state index contributed by atoms with van der Waals surface area (Å²) in [6, 6.07) is 2.63. The number of nitrogens with one attached hydrogen (secondary N) is 1. The number of fused-ring (bicyclic) bond motifs is 1. The molecule has 0 saturated heterocycles. The zero-order valence-corrected chi connectivity index (χ0v) is 17.7. The van der Waals surface area contributed by atoms with Gasteiger partial charge in [0.05, 0.1) is 19.8 Å². The van der Waals surface area contributed by atoms with Gasteiger partial charge in [-0.3, -0.25) is 9.78 Å². The molecule has 0 aliphatic carbocycles. The van der Waals surface area contributed by atoms with Crippen LogP contribution < -0.4 is 14.2 Å². The highest BCUT2D eigenvalue weighted by Crippen LogP contribution is 2.37. The Labute approximate surface area is 184 Å². The van der Waals surface area contributed by atoms with Crippen molar-refractivity contribution in [2.75, 3.05) is 14.2 Å². The molecule has 0 spiro atoms. The molecule has 2 aromatic carbocycles. The Hall–Kier alpha value is -3.32. The van der Waals surface area contributed by atoms with Crippen molar-refractivity contribution in [3.8, 4) is 11.5 Å². The Balaban J connectivity index is 2.30. The molecule has 3 aromatic rings. The molecule has 0 fully saturated rings. The summed E-state index contributed by atoms with van der Waals surface area (Å²) >= 11 is 0. The summed E-state index contributed by atoms with van der Waals surface area (Å²) in [5.74, 6) is -4.06. The number of aromatic nitrogens is 1. The fraction of sp³-hybridized carbons (Fsp3) is 0.200. The first kappa shape index (κ1) is 24.3. The molecule has 1 atom stereocenters. The third-order valence-corrected chi connectivity index (χ3v) is 5.81. The first-order valence-electron chi connectivity index (χ1n) is 8.97. The van der Waals surface area contributed by atoms with Crippen LogP contribution in [0.4, 0.5) is 22.0 Å². The smallest absolute Gasteiger partial charge is 0.493 e. The Morgan fingerprint density at radius 1 is 1.03 bits per heavy atom. The molecule has 13 heteroatoms. The fourth-order valence-corrected chi connectivity index (χ4v) is 3.78. The minimum atomic E-state index is -6.12. The van der Waals surface area contributed by atoms with E-state index in [4.69, 9.17) is 9.47 Å². The van der Waals surface area contributed by atoms with Crippen LogP contribution in [-0.4, -0.2) is 38.9 Å². The molecule has 33 heavy (non-hydrogen) atoms. The highest BCUT2D eigenvalue weighted by Gasteiger charge is 2.48. The van der Waals surface area contributed by atoms with Gasteiger partial charge in [0.15, 0.2) is 17.3 Å². The van der Waals surface area contributed by atoms with E-state index >= 15 is 0 Å². The van der Waals surface area contributed by atoms with E-state index in [1.165, 1.54) is 37.3 Å². The maximum atomic E-state index is 14.3. The van der Waals surface area contributed by atoms with Gasteiger partial charge in [-0.25, -0.2) is 17.2 Å². The van der Waals surface area contributed by atoms with Crippen LogP contribution in [0.25, 0.3) is 10.8 Å². The Kier molecular flexibility index (Phi) is 6.56. The van der Waals surface area contributed by atoms with Crippen molar-refractivity contribution in [2.45, 2.75) is 11.6 Å². The number of rotatable bonds is 7. The van der Waals surface area contributed by atoms with Gasteiger partial charge < -0.3 is 9.47 Å². The lowest BCUT2D eigenvalue weighted by Gasteiger charge is -2.21. The molecular formula is C20H15F5N2O5S. The Bertz CT molecular complexity index is 1310. The molecule has 0 bridgehead atoms. The zero-order chi connectivity index (χ0) is 24.6. The molecule has 0 saturated carbocycles. The van der Waals surface area contributed by atoms with E-state index in [0.29, 0.717) is 12.1 Å². The van der Waals surface area contributed by atoms with Gasteiger partial charge in [-0.05, 0) is 29.7 Å². The highest BCUT2D eigenvalue weighted by molar-refractivity contribution is 7.90. The number of hydrogen-bond donors (Lipinski definition) is 1. The van der Waals surface area contributed by atoms with E-state index < -0.39 is 50.1 Å². The summed E-state index contributed by atoms with van der Waals surface area (Å²) in [6.45, 7) is 0. The number of methoxy groups -OCH3 is 2. The maximum Gasteiger partial charge on any atom is 0.511 e. The van der Waals surface area contributed by atoms with Gasteiger partial charge >= 0.3 is 15.5 Å². The normalized spacial score (nSPS) is 13.1. The largest absolute Gasteiger partial charge is 0.511 e. The van der Waals surface area contributed by atoms with Gasteiger partial charge in [-0.1, -0.05) is 6.07 Å². The lowest BCUT2D eigenvalue weighted by Crippen LogP contribution is -2.42. The number of nitrogens with zero attached hydrogens (tertiary/aromatic N) is 1. The number of pyridine rings is 1. The molecule has 3 rings (SSSR count). The minimum absolute atomic E-state index is 0.0302. The van der Waals surface area contributed by atoms with Gasteiger partial charge in [-0.2, -0.15) is 17.9 Å². The SMILES string of the molecule is COc1cc2cncc(C(NS(=O)(=O)C(F)(F)F)C(=O)c3c(F)cccc3F)c2cc1OC.